The molecule has 0 heterocycles. The van der Waals surface area contributed by atoms with Crippen molar-refractivity contribution in [2.45, 2.75) is 33.2 Å². The summed E-state index contributed by atoms with van der Waals surface area (Å²) in [5.41, 5.74) is 2.08. The fourth-order valence-corrected chi connectivity index (χ4v) is 0.742. The molecule has 0 unspecified atom stereocenters. The summed E-state index contributed by atoms with van der Waals surface area (Å²) in [7, 11) is -3.36. The Bertz CT molecular complexity index is 207. The third-order valence-electron chi connectivity index (χ3n) is 0.828. The molecule has 0 saturated heterocycles. The van der Waals surface area contributed by atoms with Gasteiger partial charge in [0.25, 0.3) is 10.1 Å². The first-order chi connectivity index (χ1) is 4.77. The monoisotopic (exact) mass is 205 g/mol. The predicted octanol–water partition coefficient (Wildman–Crippen LogP) is 0.00730. The Hall–Kier alpha value is 0.870. The van der Waals surface area contributed by atoms with Crippen LogP contribution in [-0.4, -0.2) is 49.3 Å². The molecule has 4 nitrogen and oxygen atoms in total. The molecule has 0 aliphatic heterocycles. The minimum absolute atomic E-state index is 0. The summed E-state index contributed by atoms with van der Waals surface area (Å²) in [6.07, 6.45) is 0. The molecule has 1 N–H and O–H groups in total. The van der Waals surface area contributed by atoms with E-state index in [4.69, 9.17) is 0 Å². The summed E-state index contributed by atoms with van der Waals surface area (Å²) < 4.78 is 26.0. The minimum atomic E-state index is -3.36. The Balaban J connectivity index is 0. The molecule has 0 radical (unpaired) electrons. The van der Waals surface area contributed by atoms with Crippen molar-refractivity contribution in [2.24, 2.45) is 0 Å². The zero-order valence-electron chi connectivity index (χ0n) is 7.34. The van der Waals surface area contributed by atoms with Gasteiger partial charge in [0, 0.05) is 5.54 Å². The van der Waals surface area contributed by atoms with Gasteiger partial charge in [0.15, 0.2) is 0 Å². The van der Waals surface area contributed by atoms with Gasteiger partial charge >= 0.3 is 29.6 Å². The Morgan fingerprint density at radius 2 is 1.75 bits per heavy atom. The van der Waals surface area contributed by atoms with Crippen molar-refractivity contribution < 1.29 is 12.7 Å². The molecule has 0 saturated carbocycles. The SMILES string of the molecule is CCS(=O)(=O)ONC(C)(C)C.[NaH]. The number of hydrogen-bond donors (Lipinski definition) is 1. The second-order valence-corrected chi connectivity index (χ2v) is 5.14. The van der Waals surface area contributed by atoms with Crippen LogP contribution in [0.4, 0.5) is 0 Å². The van der Waals surface area contributed by atoms with Crippen LogP contribution in [-0.2, 0) is 14.4 Å². The number of hydrogen-bond acceptors (Lipinski definition) is 4. The van der Waals surface area contributed by atoms with Crippen molar-refractivity contribution in [1.29, 1.82) is 0 Å². The zero-order valence-corrected chi connectivity index (χ0v) is 8.16. The summed E-state index contributed by atoms with van der Waals surface area (Å²) in [4.78, 5) is 0. The first-order valence-electron chi connectivity index (χ1n) is 3.45. The summed E-state index contributed by atoms with van der Waals surface area (Å²) >= 11 is 0. The summed E-state index contributed by atoms with van der Waals surface area (Å²) in [6, 6.07) is 0. The molecule has 0 amide bonds. The summed E-state index contributed by atoms with van der Waals surface area (Å²) in [5.74, 6) is -0.0178. The second kappa shape index (κ2) is 5.57. The van der Waals surface area contributed by atoms with Crippen molar-refractivity contribution in [2.75, 3.05) is 5.75 Å². The van der Waals surface area contributed by atoms with E-state index in [0.29, 0.717) is 0 Å². The van der Waals surface area contributed by atoms with Crippen LogP contribution >= 0.6 is 0 Å². The molecule has 0 aromatic heterocycles. The molecular weight excluding hydrogens is 189 g/mol. The number of nitrogens with one attached hydrogen (secondary N) is 1. The molecular formula is C6H16NNaO3S. The summed E-state index contributed by atoms with van der Waals surface area (Å²) in [6.45, 7) is 6.98. The van der Waals surface area contributed by atoms with Crippen molar-refractivity contribution in [3.63, 3.8) is 0 Å². The van der Waals surface area contributed by atoms with Crippen LogP contribution in [0.1, 0.15) is 27.7 Å². The topological polar surface area (TPSA) is 55.4 Å². The van der Waals surface area contributed by atoms with E-state index in [2.05, 4.69) is 9.76 Å². The van der Waals surface area contributed by atoms with Gasteiger partial charge in [-0.1, -0.05) is 0 Å². The summed E-state index contributed by atoms with van der Waals surface area (Å²) in [5, 5.41) is 0. The van der Waals surface area contributed by atoms with E-state index in [9.17, 15) is 8.42 Å². The van der Waals surface area contributed by atoms with Crippen LogP contribution in [0.15, 0.2) is 0 Å². The van der Waals surface area contributed by atoms with Crippen molar-refractivity contribution in [3.8, 4) is 0 Å². The van der Waals surface area contributed by atoms with Gasteiger partial charge in [-0.05, 0) is 27.7 Å². The van der Waals surface area contributed by atoms with E-state index in [1.807, 2.05) is 20.8 Å². The Morgan fingerprint density at radius 3 is 2.00 bits per heavy atom. The van der Waals surface area contributed by atoms with Gasteiger partial charge in [0.05, 0.1) is 5.75 Å². The van der Waals surface area contributed by atoms with Gasteiger partial charge < -0.3 is 0 Å². The fraction of sp³-hybridized carbons (Fsp3) is 1.00. The normalized spacial score (nSPS) is 12.3. The van der Waals surface area contributed by atoms with Crippen molar-refractivity contribution in [3.05, 3.63) is 0 Å². The van der Waals surface area contributed by atoms with Gasteiger partial charge in [0.2, 0.25) is 0 Å². The van der Waals surface area contributed by atoms with E-state index in [-0.39, 0.29) is 40.8 Å². The Morgan fingerprint density at radius 1 is 1.33 bits per heavy atom. The maximum atomic E-state index is 10.8. The molecule has 70 valence electrons. The van der Waals surface area contributed by atoms with Gasteiger partial charge in [0.1, 0.15) is 0 Å². The number of rotatable bonds is 3. The van der Waals surface area contributed by atoms with Gasteiger partial charge in [-0.15, -0.1) is 0 Å². The average molecular weight is 205 g/mol. The van der Waals surface area contributed by atoms with Crippen LogP contribution in [0.3, 0.4) is 0 Å². The quantitative estimate of drug-likeness (QED) is 0.521. The first-order valence-corrected chi connectivity index (χ1v) is 5.03. The van der Waals surface area contributed by atoms with E-state index < -0.39 is 10.1 Å². The predicted molar refractivity (Wildman–Crippen MR) is 50.6 cm³/mol. The molecule has 0 atom stereocenters. The molecule has 0 aliphatic rings. The van der Waals surface area contributed by atoms with Crippen LogP contribution in [0, 0.1) is 0 Å². The number of hydroxylamine groups is 1. The van der Waals surface area contributed by atoms with E-state index in [0.717, 1.165) is 0 Å². The zero-order chi connectivity index (χ0) is 9.12. The van der Waals surface area contributed by atoms with Crippen LogP contribution in [0.5, 0.6) is 0 Å². The molecule has 6 heteroatoms. The third kappa shape index (κ3) is 8.96. The second-order valence-electron chi connectivity index (χ2n) is 3.28. The molecule has 0 spiro atoms. The van der Waals surface area contributed by atoms with Crippen LogP contribution in [0.2, 0.25) is 0 Å². The Labute approximate surface area is 96.4 Å². The molecule has 0 aromatic carbocycles. The van der Waals surface area contributed by atoms with Crippen LogP contribution < -0.4 is 5.48 Å². The molecule has 0 bridgehead atoms. The molecule has 0 fully saturated rings. The third-order valence-corrected chi connectivity index (χ3v) is 1.87. The Kier molecular flexibility index (Phi) is 7.12. The van der Waals surface area contributed by atoms with Crippen LogP contribution in [0.25, 0.3) is 0 Å². The van der Waals surface area contributed by atoms with E-state index >= 15 is 0 Å². The van der Waals surface area contributed by atoms with Gasteiger partial charge in [-0.3, -0.25) is 0 Å². The van der Waals surface area contributed by atoms with Gasteiger partial charge in [-0.2, -0.15) is 18.2 Å². The molecule has 0 aromatic rings. The standard InChI is InChI=1S/C6H15NO3S.Na.H/c1-5-11(8,9)10-7-6(2,3)4;;/h7H,5H2,1-4H3;;. The van der Waals surface area contributed by atoms with Crippen molar-refractivity contribution in [1.82, 2.24) is 5.48 Å². The van der Waals surface area contributed by atoms with Gasteiger partial charge in [-0.25, -0.2) is 0 Å². The van der Waals surface area contributed by atoms with E-state index in [1.54, 1.807) is 0 Å². The van der Waals surface area contributed by atoms with Crippen molar-refractivity contribution >= 4 is 39.7 Å². The average Bonchev–Trinajstić information content (AvgIpc) is 1.83. The molecule has 0 aliphatic carbocycles. The van der Waals surface area contributed by atoms with E-state index in [1.165, 1.54) is 6.92 Å². The fourth-order valence-electron chi connectivity index (χ4n) is 0.247. The molecule has 0 rings (SSSR count). The maximum absolute atomic E-state index is 10.8. The molecule has 12 heavy (non-hydrogen) atoms. The first kappa shape index (κ1) is 15.3.